The molecule has 0 bridgehead atoms. The molecule has 113 valence electrons. The van der Waals surface area contributed by atoms with Crippen LogP contribution in [0, 0.1) is 34.3 Å². The molecule has 0 heterocycles. The number of hydrogen-bond acceptors (Lipinski definition) is 2. The van der Waals surface area contributed by atoms with Crippen LogP contribution in [-0.2, 0) is 32.7 Å². The molecule has 0 aromatic rings. The Morgan fingerprint density at radius 3 is 1.84 bits per heavy atom. The molecule has 0 saturated carbocycles. The first-order valence-electron chi connectivity index (χ1n) is 7.26. The molecule has 0 saturated heterocycles. The van der Waals surface area contributed by atoms with Crippen LogP contribution in [-0.4, -0.2) is 11.5 Å². The fraction of sp³-hybridized carbons (Fsp3) is 0.933. The third-order valence-electron chi connectivity index (χ3n) is 2.72. The zero-order chi connectivity index (χ0) is 14.6. The molecule has 0 aromatic carbocycles. The SMILES string of the molecule is CC[C@H](CC(C)C)C[N+](=O)[O-].CC[CH-]CC(C)C.[Y]. The summed E-state index contributed by atoms with van der Waals surface area (Å²) in [6.07, 6.45) is 6.70. The Kier molecular flexibility index (Phi) is 21.4. The van der Waals surface area contributed by atoms with Crippen LogP contribution < -0.4 is 0 Å². The molecular weight excluding hydrogens is 315 g/mol. The summed E-state index contributed by atoms with van der Waals surface area (Å²) in [6, 6.07) is 0. The molecule has 0 unspecified atom stereocenters. The molecular formula is C15H32NO2Y-. The van der Waals surface area contributed by atoms with E-state index >= 15 is 0 Å². The van der Waals surface area contributed by atoms with Crippen LogP contribution in [0.1, 0.15) is 67.2 Å². The van der Waals surface area contributed by atoms with Crippen molar-refractivity contribution in [2.24, 2.45) is 17.8 Å². The van der Waals surface area contributed by atoms with Crippen molar-refractivity contribution in [3.8, 4) is 0 Å². The summed E-state index contributed by atoms with van der Waals surface area (Å²) in [7, 11) is 0. The van der Waals surface area contributed by atoms with Crippen molar-refractivity contribution in [1.29, 1.82) is 0 Å². The predicted molar refractivity (Wildman–Crippen MR) is 79.1 cm³/mol. The molecule has 0 amide bonds. The Morgan fingerprint density at radius 1 is 1.11 bits per heavy atom. The van der Waals surface area contributed by atoms with Crippen molar-refractivity contribution in [2.75, 3.05) is 6.54 Å². The number of nitro groups is 1. The van der Waals surface area contributed by atoms with Crippen LogP contribution in [0.4, 0.5) is 0 Å². The first-order chi connectivity index (χ1) is 8.33. The summed E-state index contributed by atoms with van der Waals surface area (Å²) in [5.41, 5.74) is 0. The smallest absolute Gasteiger partial charge is 0.206 e. The van der Waals surface area contributed by atoms with Crippen LogP contribution in [0.2, 0.25) is 0 Å². The second kappa shape index (κ2) is 16.6. The fourth-order valence-electron chi connectivity index (χ4n) is 1.75. The van der Waals surface area contributed by atoms with Crippen LogP contribution in [0.25, 0.3) is 0 Å². The van der Waals surface area contributed by atoms with Crippen LogP contribution in [0.15, 0.2) is 0 Å². The van der Waals surface area contributed by atoms with Gasteiger partial charge in [-0.15, -0.1) is 0 Å². The minimum absolute atomic E-state index is 0. The molecule has 0 aromatic heterocycles. The third kappa shape index (κ3) is 24.0. The molecule has 4 heteroatoms. The molecule has 0 spiro atoms. The summed E-state index contributed by atoms with van der Waals surface area (Å²) >= 11 is 0. The van der Waals surface area contributed by atoms with Gasteiger partial charge in [-0.1, -0.05) is 47.5 Å². The van der Waals surface area contributed by atoms with E-state index in [9.17, 15) is 10.1 Å². The Balaban J connectivity index is -0.000000280. The van der Waals surface area contributed by atoms with E-state index in [1.165, 1.54) is 12.8 Å². The average molecular weight is 347 g/mol. The van der Waals surface area contributed by atoms with Gasteiger partial charge in [0.15, 0.2) is 0 Å². The maximum atomic E-state index is 10.2. The number of nitrogens with zero attached hydrogens (tertiary/aromatic N) is 1. The first-order valence-corrected chi connectivity index (χ1v) is 7.26. The number of rotatable bonds is 8. The van der Waals surface area contributed by atoms with E-state index in [1.54, 1.807) is 0 Å². The van der Waals surface area contributed by atoms with Gasteiger partial charge in [0.05, 0.1) is 0 Å². The van der Waals surface area contributed by atoms with Gasteiger partial charge in [-0.25, -0.2) is 0 Å². The molecule has 0 aliphatic carbocycles. The van der Waals surface area contributed by atoms with Gasteiger partial charge in [-0.2, -0.15) is 12.8 Å². The second-order valence-electron chi connectivity index (χ2n) is 5.75. The normalized spacial score (nSPS) is 11.6. The summed E-state index contributed by atoms with van der Waals surface area (Å²) in [6.45, 7) is 13.0. The maximum absolute atomic E-state index is 10.2. The summed E-state index contributed by atoms with van der Waals surface area (Å²) in [5, 5.41) is 10.2. The van der Waals surface area contributed by atoms with Crippen molar-refractivity contribution >= 4 is 0 Å². The largest absolute Gasteiger partial charge is 0.329 e. The molecule has 1 atom stereocenters. The molecule has 0 fully saturated rings. The van der Waals surface area contributed by atoms with Gasteiger partial charge in [0.2, 0.25) is 6.54 Å². The maximum Gasteiger partial charge on any atom is 0.206 e. The standard InChI is InChI=1S/C8H17NO2.C7H15.Y/c1-4-8(5-7(2)3)6-9(10)11;1-4-5-6-7(2)3;/h7-8H,4-6H2,1-3H3;5,7H,4,6H2,1-3H3;/q;-1;/t8-;;/m1../s1. The van der Waals surface area contributed by atoms with Gasteiger partial charge in [0.25, 0.3) is 0 Å². The van der Waals surface area contributed by atoms with Crippen LogP contribution >= 0.6 is 0 Å². The van der Waals surface area contributed by atoms with E-state index < -0.39 is 0 Å². The predicted octanol–water partition coefficient (Wildman–Crippen LogP) is 4.98. The van der Waals surface area contributed by atoms with Gasteiger partial charge in [-0.3, -0.25) is 10.1 Å². The molecule has 0 aliphatic rings. The topological polar surface area (TPSA) is 43.1 Å². The minimum Gasteiger partial charge on any atom is -0.329 e. The minimum atomic E-state index is -0.212. The van der Waals surface area contributed by atoms with Gasteiger partial charge in [0, 0.05) is 43.6 Å². The molecule has 0 aliphatic heterocycles. The van der Waals surface area contributed by atoms with Crippen LogP contribution in [0.3, 0.4) is 0 Å². The zero-order valence-corrected chi connectivity index (χ0v) is 16.5. The summed E-state index contributed by atoms with van der Waals surface area (Å²) in [4.78, 5) is 9.94. The van der Waals surface area contributed by atoms with Crippen molar-refractivity contribution < 1.29 is 37.6 Å². The second-order valence-corrected chi connectivity index (χ2v) is 5.75. The number of hydrogen-bond donors (Lipinski definition) is 0. The Hall–Kier alpha value is 0.504. The summed E-state index contributed by atoms with van der Waals surface area (Å²) < 4.78 is 0. The van der Waals surface area contributed by atoms with Crippen molar-refractivity contribution in [3.63, 3.8) is 0 Å². The van der Waals surface area contributed by atoms with Crippen molar-refractivity contribution in [3.05, 3.63) is 16.5 Å². The zero-order valence-electron chi connectivity index (χ0n) is 13.7. The Morgan fingerprint density at radius 2 is 1.63 bits per heavy atom. The van der Waals surface area contributed by atoms with E-state index in [1.807, 2.05) is 6.92 Å². The first kappa shape index (κ1) is 24.5. The number of unbranched alkanes of at least 4 members (excludes halogenated alkanes) is 1. The van der Waals surface area contributed by atoms with Crippen molar-refractivity contribution in [2.45, 2.75) is 67.2 Å². The molecule has 1 radical (unpaired) electrons. The van der Waals surface area contributed by atoms with Gasteiger partial charge in [-0.05, 0) is 18.8 Å². The van der Waals surface area contributed by atoms with E-state index in [0.717, 1.165) is 18.8 Å². The quantitative estimate of drug-likeness (QED) is 0.353. The molecule has 0 rings (SSSR count). The fourth-order valence-corrected chi connectivity index (χ4v) is 1.75. The molecule has 3 nitrogen and oxygen atoms in total. The molecule has 19 heavy (non-hydrogen) atoms. The van der Waals surface area contributed by atoms with Crippen molar-refractivity contribution in [1.82, 2.24) is 0 Å². The van der Waals surface area contributed by atoms with Crippen LogP contribution in [0.5, 0.6) is 0 Å². The van der Waals surface area contributed by atoms with E-state index in [-0.39, 0.29) is 50.1 Å². The van der Waals surface area contributed by atoms with E-state index in [4.69, 9.17) is 0 Å². The van der Waals surface area contributed by atoms with E-state index in [0.29, 0.717) is 5.92 Å². The monoisotopic (exact) mass is 347 g/mol. The van der Waals surface area contributed by atoms with Gasteiger partial charge >= 0.3 is 0 Å². The summed E-state index contributed by atoms with van der Waals surface area (Å²) in [5.74, 6) is 1.69. The van der Waals surface area contributed by atoms with E-state index in [2.05, 4.69) is 41.0 Å². The Labute approximate surface area is 145 Å². The van der Waals surface area contributed by atoms with Gasteiger partial charge in [0.1, 0.15) is 0 Å². The molecule has 0 N–H and O–H groups in total. The third-order valence-corrected chi connectivity index (χ3v) is 2.72. The van der Waals surface area contributed by atoms with Gasteiger partial charge < -0.3 is 6.42 Å². The average Bonchev–Trinajstić information content (AvgIpc) is 2.24. The Bertz CT molecular complexity index is 197.